The van der Waals surface area contributed by atoms with Crippen LogP contribution in [0.15, 0.2) is 21.7 Å². The monoisotopic (exact) mass is 438 g/mol. The van der Waals surface area contributed by atoms with E-state index in [1.807, 2.05) is 4.90 Å². The molecule has 2 N–H and O–H groups in total. The first-order valence-electron chi connectivity index (χ1n) is 8.09. The van der Waals surface area contributed by atoms with Gasteiger partial charge in [0.1, 0.15) is 0 Å². The predicted molar refractivity (Wildman–Crippen MR) is 103 cm³/mol. The molecule has 0 radical (unpaired) electrons. The summed E-state index contributed by atoms with van der Waals surface area (Å²) in [6, 6.07) is 3.54. The Balaban J connectivity index is 1.79. The fourth-order valence-electron chi connectivity index (χ4n) is 2.40. The Kier molecular flexibility index (Phi) is 6.24. The second kappa shape index (κ2) is 8.82. The fraction of sp³-hybridized carbons (Fsp3) is 0.375. The zero-order chi connectivity index (χ0) is 19.2. The average molecular weight is 439 g/mol. The Hall–Kier alpha value is -2.66. The maximum atomic E-state index is 10.2. The van der Waals surface area contributed by atoms with Crippen molar-refractivity contribution in [1.29, 1.82) is 0 Å². The average Bonchev–Trinajstić information content (AvgIpc) is 2.70. The number of hydrogen-bond donors (Lipinski definition) is 2. The zero-order valence-electron chi connectivity index (χ0n) is 14.8. The van der Waals surface area contributed by atoms with E-state index < -0.39 is 0 Å². The van der Waals surface area contributed by atoms with Crippen molar-refractivity contribution < 1.29 is 19.3 Å². The van der Waals surface area contributed by atoms with Crippen LogP contribution in [0.4, 0.5) is 11.9 Å². The lowest BCUT2D eigenvalue weighted by Crippen LogP contribution is -2.37. The molecule has 1 saturated heterocycles. The van der Waals surface area contributed by atoms with E-state index in [9.17, 15) is 5.11 Å². The molecule has 1 aromatic heterocycles. The number of morpholine rings is 1. The van der Waals surface area contributed by atoms with Crippen molar-refractivity contribution in [2.24, 2.45) is 5.10 Å². The Morgan fingerprint density at radius 2 is 2.00 bits per heavy atom. The highest BCUT2D eigenvalue weighted by molar-refractivity contribution is 9.10. The first-order chi connectivity index (χ1) is 13.1. The van der Waals surface area contributed by atoms with Crippen molar-refractivity contribution in [3.63, 3.8) is 0 Å². The summed E-state index contributed by atoms with van der Waals surface area (Å²) in [5.74, 6) is 1.02. The third-order valence-electron chi connectivity index (χ3n) is 3.74. The van der Waals surface area contributed by atoms with Crippen LogP contribution in [0.3, 0.4) is 0 Å². The van der Waals surface area contributed by atoms with Crippen molar-refractivity contribution in [2.45, 2.75) is 0 Å². The number of nitrogens with zero attached hydrogens (tertiary/aromatic N) is 5. The quantitative estimate of drug-likeness (QED) is 0.512. The lowest BCUT2D eigenvalue weighted by Gasteiger charge is -2.26. The van der Waals surface area contributed by atoms with Gasteiger partial charge in [0.15, 0.2) is 11.5 Å². The minimum atomic E-state index is -0.0199. The summed E-state index contributed by atoms with van der Waals surface area (Å²) in [5.41, 5.74) is 3.19. The Bertz CT molecular complexity index is 829. The Labute approximate surface area is 164 Å². The number of phenolic OH excluding ortho intramolecular Hbond substituents is 1. The largest absolute Gasteiger partial charge is 0.504 e. The summed E-state index contributed by atoms with van der Waals surface area (Å²) in [4.78, 5) is 14.7. The molecular weight excluding hydrogens is 420 g/mol. The minimum absolute atomic E-state index is 0.0199. The van der Waals surface area contributed by atoms with Crippen LogP contribution in [0.25, 0.3) is 0 Å². The van der Waals surface area contributed by atoms with Gasteiger partial charge in [-0.05, 0) is 12.1 Å². The van der Waals surface area contributed by atoms with Crippen molar-refractivity contribution >= 4 is 34.0 Å². The van der Waals surface area contributed by atoms with Gasteiger partial charge in [0.05, 0.1) is 33.6 Å². The standard InChI is InChI=1S/C16H19BrN6O4/c1-25-12-8-11(17)7-10(13(12)24)9-18-22-14-19-15(21-16(20-14)26-2)23-3-5-27-6-4-23/h7-9,24H,3-6H2,1-2H3,(H,19,20,21,22)/b18-9+. The molecule has 1 aliphatic heterocycles. The molecule has 1 fully saturated rings. The van der Waals surface area contributed by atoms with Gasteiger partial charge in [-0.25, -0.2) is 5.43 Å². The highest BCUT2D eigenvalue weighted by atomic mass is 79.9. The van der Waals surface area contributed by atoms with E-state index in [2.05, 4.69) is 41.4 Å². The van der Waals surface area contributed by atoms with Gasteiger partial charge in [-0.1, -0.05) is 15.9 Å². The van der Waals surface area contributed by atoms with E-state index in [0.717, 1.165) is 4.47 Å². The van der Waals surface area contributed by atoms with Crippen molar-refractivity contribution in [3.05, 3.63) is 22.2 Å². The van der Waals surface area contributed by atoms with Crippen LogP contribution in [-0.4, -0.2) is 66.8 Å². The number of benzene rings is 1. The molecule has 0 amide bonds. The lowest BCUT2D eigenvalue weighted by molar-refractivity contribution is 0.122. The van der Waals surface area contributed by atoms with E-state index in [0.29, 0.717) is 43.6 Å². The van der Waals surface area contributed by atoms with Gasteiger partial charge in [0.2, 0.25) is 5.95 Å². The van der Waals surface area contributed by atoms with Crippen LogP contribution >= 0.6 is 15.9 Å². The maximum Gasteiger partial charge on any atom is 0.322 e. The number of hydrazone groups is 1. The van der Waals surface area contributed by atoms with Crippen LogP contribution in [0.5, 0.6) is 17.5 Å². The molecule has 144 valence electrons. The first-order valence-corrected chi connectivity index (χ1v) is 8.88. The Morgan fingerprint density at radius 1 is 1.22 bits per heavy atom. The number of rotatable bonds is 6. The molecule has 0 aliphatic carbocycles. The highest BCUT2D eigenvalue weighted by Crippen LogP contribution is 2.32. The number of anilines is 2. The summed E-state index contributed by atoms with van der Waals surface area (Å²) < 4.78 is 16.3. The molecule has 2 aromatic rings. The van der Waals surface area contributed by atoms with Crippen molar-refractivity contribution in [2.75, 3.05) is 50.8 Å². The summed E-state index contributed by atoms with van der Waals surface area (Å²) in [5, 5.41) is 14.3. The predicted octanol–water partition coefficient (Wildman–Crippen LogP) is 1.64. The van der Waals surface area contributed by atoms with E-state index >= 15 is 0 Å². The molecule has 0 saturated carbocycles. The number of phenols is 1. The number of aromatic hydroxyl groups is 1. The zero-order valence-corrected chi connectivity index (χ0v) is 16.4. The number of nitrogens with one attached hydrogen (secondary N) is 1. The molecular formula is C16H19BrN6O4. The van der Waals surface area contributed by atoms with Gasteiger partial charge in [0.25, 0.3) is 5.95 Å². The molecule has 2 heterocycles. The first kappa shape index (κ1) is 19.1. The second-order valence-electron chi connectivity index (χ2n) is 5.46. The SMILES string of the molecule is COc1nc(N/N=C/c2cc(Br)cc(OC)c2O)nc(N2CCOCC2)n1. The van der Waals surface area contributed by atoms with E-state index in [1.54, 1.807) is 12.1 Å². The second-order valence-corrected chi connectivity index (χ2v) is 6.38. The smallest absolute Gasteiger partial charge is 0.322 e. The summed E-state index contributed by atoms with van der Waals surface area (Å²) in [6.45, 7) is 2.58. The summed E-state index contributed by atoms with van der Waals surface area (Å²) >= 11 is 3.36. The highest BCUT2D eigenvalue weighted by Gasteiger charge is 2.16. The summed E-state index contributed by atoms with van der Waals surface area (Å²) in [6.07, 6.45) is 1.44. The summed E-state index contributed by atoms with van der Waals surface area (Å²) in [7, 11) is 2.96. The molecule has 0 bridgehead atoms. The van der Waals surface area contributed by atoms with Crippen LogP contribution in [-0.2, 0) is 4.74 Å². The Morgan fingerprint density at radius 3 is 2.70 bits per heavy atom. The number of halogens is 1. The molecule has 10 nitrogen and oxygen atoms in total. The van der Waals surface area contributed by atoms with Crippen molar-refractivity contribution in [3.8, 4) is 17.5 Å². The van der Waals surface area contributed by atoms with Gasteiger partial charge in [-0.2, -0.15) is 20.1 Å². The number of ether oxygens (including phenoxy) is 3. The molecule has 11 heteroatoms. The van der Waals surface area contributed by atoms with Gasteiger partial charge in [-0.15, -0.1) is 0 Å². The minimum Gasteiger partial charge on any atom is -0.504 e. The van der Waals surface area contributed by atoms with Crippen LogP contribution in [0, 0.1) is 0 Å². The molecule has 27 heavy (non-hydrogen) atoms. The van der Waals surface area contributed by atoms with Crippen molar-refractivity contribution in [1.82, 2.24) is 15.0 Å². The van der Waals surface area contributed by atoms with Crippen LogP contribution in [0.2, 0.25) is 0 Å². The van der Waals surface area contributed by atoms with E-state index in [1.165, 1.54) is 20.4 Å². The number of methoxy groups -OCH3 is 2. The molecule has 0 spiro atoms. The molecule has 1 aliphatic rings. The number of hydrogen-bond acceptors (Lipinski definition) is 10. The molecule has 0 unspecified atom stereocenters. The normalized spacial score (nSPS) is 14.4. The topological polar surface area (TPSA) is 114 Å². The fourth-order valence-corrected chi connectivity index (χ4v) is 2.85. The van der Waals surface area contributed by atoms with Gasteiger partial charge in [-0.3, -0.25) is 0 Å². The van der Waals surface area contributed by atoms with Gasteiger partial charge in [0, 0.05) is 23.1 Å². The third kappa shape index (κ3) is 4.74. The van der Waals surface area contributed by atoms with Crippen LogP contribution in [0.1, 0.15) is 5.56 Å². The molecule has 0 atom stereocenters. The van der Waals surface area contributed by atoms with E-state index in [4.69, 9.17) is 14.2 Å². The molecule has 3 rings (SSSR count). The van der Waals surface area contributed by atoms with Gasteiger partial charge < -0.3 is 24.2 Å². The maximum absolute atomic E-state index is 10.2. The van der Waals surface area contributed by atoms with Crippen LogP contribution < -0.4 is 19.8 Å². The third-order valence-corrected chi connectivity index (χ3v) is 4.19. The van der Waals surface area contributed by atoms with E-state index in [-0.39, 0.29) is 17.7 Å². The van der Waals surface area contributed by atoms with Gasteiger partial charge >= 0.3 is 6.01 Å². The lowest BCUT2D eigenvalue weighted by atomic mass is 10.2. The molecule has 1 aromatic carbocycles. The number of aromatic nitrogens is 3.